The fourth-order valence-electron chi connectivity index (χ4n) is 3.52. The summed E-state index contributed by atoms with van der Waals surface area (Å²) in [4.78, 5) is 30.9. The smallest absolute Gasteiger partial charge is 0.270 e. The lowest BCUT2D eigenvalue weighted by Crippen LogP contribution is -2.23. The second-order valence-electron chi connectivity index (χ2n) is 8.06. The highest BCUT2D eigenvalue weighted by Crippen LogP contribution is 2.22. The quantitative estimate of drug-likeness (QED) is 0.320. The summed E-state index contributed by atoms with van der Waals surface area (Å²) in [5.41, 5.74) is 4.51. The number of hydrogen-bond donors (Lipinski definition) is 2. The zero-order chi connectivity index (χ0) is 25.6. The normalized spacial score (nSPS) is 10.5. The number of benzene rings is 1. The molecule has 37 heavy (non-hydrogen) atoms. The molecule has 0 saturated carbocycles. The number of anilines is 2. The molecule has 4 aromatic heterocycles. The summed E-state index contributed by atoms with van der Waals surface area (Å²) in [6.45, 7) is 2.19. The Labute approximate surface area is 217 Å². The molecule has 5 aromatic rings. The van der Waals surface area contributed by atoms with E-state index < -0.39 is 0 Å². The van der Waals surface area contributed by atoms with Crippen molar-refractivity contribution in [1.82, 2.24) is 29.6 Å². The number of aryl methyl sites for hydroxylation is 1. The van der Waals surface area contributed by atoms with E-state index in [1.165, 1.54) is 0 Å². The number of nitrogens with one attached hydrogen (secondary N) is 2. The van der Waals surface area contributed by atoms with E-state index in [9.17, 15) is 4.79 Å². The van der Waals surface area contributed by atoms with Gasteiger partial charge in [-0.25, -0.2) is 9.97 Å². The minimum Gasteiger partial charge on any atom is -0.347 e. The van der Waals surface area contributed by atoms with Gasteiger partial charge in [-0.2, -0.15) is 9.64 Å². The molecule has 0 bridgehead atoms. The number of hydrogen-bond acceptors (Lipinski definition) is 9. The van der Waals surface area contributed by atoms with E-state index in [0.29, 0.717) is 34.4 Å². The Morgan fingerprint density at radius 3 is 2.51 bits per heavy atom. The van der Waals surface area contributed by atoms with Crippen molar-refractivity contribution < 1.29 is 4.79 Å². The Morgan fingerprint density at radius 1 is 0.946 bits per heavy atom. The third-order valence-electron chi connectivity index (χ3n) is 5.33. The molecule has 0 saturated heterocycles. The molecule has 0 unspecified atom stereocenters. The van der Waals surface area contributed by atoms with Crippen LogP contribution in [0.15, 0.2) is 79.1 Å². The molecule has 0 radical (unpaired) electrons. The third-order valence-corrected chi connectivity index (χ3v) is 6.03. The molecule has 4 heterocycles. The first-order chi connectivity index (χ1) is 18.1. The maximum absolute atomic E-state index is 12.6. The summed E-state index contributed by atoms with van der Waals surface area (Å²) in [5, 5.41) is 15.0. The largest absolute Gasteiger partial charge is 0.347 e. The van der Waals surface area contributed by atoms with Crippen molar-refractivity contribution in [3.8, 4) is 28.7 Å². The van der Waals surface area contributed by atoms with Crippen LogP contribution in [0.1, 0.15) is 26.6 Å². The Hall–Kier alpha value is -5.01. The molecule has 0 fully saturated rings. The summed E-state index contributed by atoms with van der Waals surface area (Å²) < 4.78 is 4.19. The molecular formula is C27H20N8OS. The van der Waals surface area contributed by atoms with Crippen molar-refractivity contribution in [2.24, 2.45) is 0 Å². The van der Waals surface area contributed by atoms with Gasteiger partial charge in [0.2, 0.25) is 0 Å². The van der Waals surface area contributed by atoms with Gasteiger partial charge < -0.3 is 10.6 Å². The molecule has 9 nitrogen and oxygen atoms in total. The van der Waals surface area contributed by atoms with Crippen LogP contribution < -0.4 is 10.6 Å². The first-order valence-electron chi connectivity index (χ1n) is 11.3. The van der Waals surface area contributed by atoms with Gasteiger partial charge in [-0.1, -0.05) is 36.4 Å². The van der Waals surface area contributed by atoms with Gasteiger partial charge in [0.1, 0.15) is 28.3 Å². The van der Waals surface area contributed by atoms with Gasteiger partial charge in [-0.3, -0.25) is 14.8 Å². The average Bonchev–Trinajstić information content (AvgIpc) is 3.40. The van der Waals surface area contributed by atoms with Gasteiger partial charge in [0, 0.05) is 47.9 Å². The summed E-state index contributed by atoms with van der Waals surface area (Å²) in [6, 6.07) is 22.7. The molecule has 5 rings (SSSR count). The third kappa shape index (κ3) is 5.80. The second kappa shape index (κ2) is 10.7. The molecule has 0 spiro atoms. The minimum absolute atomic E-state index is 0.287. The van der Waals surface area contributed by atoms with Crippen molar-refractivity contribution in [2.75, 3.05) is 5.32 Å². The fourth-order valence-corrected chi connectivity index (χ4v) is 4.02. The molecule has 0 atom stereocenters. The van der Waals surface area contributed by atoms with Crippen molar-refractivity contribution in [2.45, 2.75) is 13.5 Å². The first kappa shape index (κ1) is 23.7. The van der Waals surface area contributed by atoms with E-state index in [1.54, 1.807) is 36.7 Å². The van der Waals surface area contributed by atoms with Crippen LogP contribution in [-0.4, -0.2) is 30.2 Å². The Morgan fingerprint density at radius 2 is 1.81 bits per heavy atom. The average molecular weight is 505 g/mol. The molecule has 180 valence electrons. The van der Waals surface area contributed by atoms with Crippen molar-refractivity contribution in [3.05, 3.63) is 101 Å². The number of nitrogens with zero attached hydrogens (tertiary/aromatic N) is 6. The van der Waals surface area contributed by atoms with Crippen LogP contribution in [0.4, 0.5) is 11.6 Å². The van der Waals surface area contributed by atoms with E-state index in [2.05, 4.69) is 41.0 Å². The highest BCUT2D eigenvalue weighted by atomic mass is 32.1. The number of carbonyl (C=O) groups excluding carboxylic acids is 1. The summed E-state index contributed by atoms with van der Waals surface area (Å²) in [6.07, 6.45) is 3.33. The van der Waals surface area contributed by atoms with Gasteiger partial charge in [0.05, 0.1) is 5.69 Å². The number of amides is 1. The maximum atomic E-state index is 12.6. The number of nitriles is 1. The fraction of sp³-hybridized carbons (Fsp3) is 0.0741. The van der Waals surface area contributed by atoms with Crippen LogP contribution in [0, 0.1) is 18.3 Å². The molecule has 1 amide bonds. The van der Waals surface area contributed by atoms with Crippen molar-refractivity contribution >= 4 is 29.1 Å². The van der Waals surface area contributed by atoms with E-state index in [0.717, 1.165) is 34.0 Å². The van der Waals surface area contributed by atoms with E-state index >= 15 is 0 Å². The van der Waals surface area contributed by atoms with Crippen LogP contribution >= 0.6 is 11.5 Å². The molecule has 1 aromatic carbocycles. The number of pyridine rings is 2. The van der Waals surface area contributed by atoms with Gasteiger partial charge in [0.25, 0.3) is 5.91 Å². The van der Waals surface area contributed by atoms with Gasteiger partial charge >= 0.3 is 0 Å². The van der Waals surface area contributed by atoms with Crippen LogP contribution in [0.25, 0.3) is 22.6 Å². The van der Waals surface area contributed by atoms with E-state index in [1.807, 2.05) is 49.4 Å². The van der Waals surface area contributed by atoms with Crippen LogP contribution in [-0.2, 0) is 6.54 Å². The number of rotatable bonds is 7. The maximum Gasteiger partial charge on any atom is 0.270 e. The van der Waals surface area contributed by atoms with Crippen LogP contribution in [0.3, 0.4) is 0 Å². The zero-order valence-corrected chi connectivity index (χ0v) is 20.5. The molecule has 10 heteroatoms. The number of carbonyl (C=O) groups is 1. The van der Waals surface area contributed by atoms with Gasteiger partial charge in [-0.15, -0.1) is 0 Å². The molecule has 0 aliphatic heterocycles. The number of aromatic nitrogens is 5. The Balaban J connectivity index is 1.23. The first-order valence-corrected chi connectivity index (χ1v) is 12.1. The Kier molecular flexibility index (Phi) is 6.87. The predicted octanol–water partition coefficient (Wildman–Crippen LogP) is 4.91. The molecular weight excluding hydrogens is 484 g/mol. The van der Waals surface area contributed by atoms with E-state index in [-0.39, 0.29) is 11.6 Å². The van der Waals surface area contributed by atoms with E-state index in [4.69, 9.17) is 5.26 Å². The second-order valence-corrected chi connectivity index (χ2v) is 8.87. The highest BCUT2D eigenvalue weighted by Gasteiger charge is 2.11. The Bertz CT molecular complexity index is 1580. The van der Waals surface area contributed by atoms with Gasteiger partial charge in [0.15, 0.2) is 5.82 Å². The van der Waals surface area contributed by atoms with Crippen LogP contribution in [0.5, 0.6) is 0 Å². The summed E-state index contributed by atoms with van der Waals surface area (Å²) in [5.74, 6) is 1.26. The molecule has 0 aliphatic rings. The SMILES string of the molecule is Cc1cc(Nc2cc(C#N)sn2)nc(-c2ccc(C(=O)NCc3ccc(-c4ccccc4)nc3)nc2)n1. The minimum atomic E-state index is -0.289. The lowest BCUT2D eigenvalue weighted by atomic mass is 10.1. The molecule has 2 N–H and O–H groups in total. The van der Waals surface area contributed by atoms with Gasteiger partial charge in [-0.05, 0) is 42.2 Å². The summed E-state index contributed by atoms with van der Waals surface area (Å²) in [7, 11) is 0. The lowest BCUT2D eigenvalue weighted by Gasteiger charge is -2.08. The monoisotopic (exact) mass is 504 g/mol. The van der Waals surface area contributed by atoms with Crippen molar-refractivity contribution in [1.29, 1.82) is 5.26 Å². The molecule has 0 aliphatic carbocycles. The lowest BCUT2D eigenvalue weighted by molar-refractivity contribution is 0.0946. The van der Waals surface area contributed by atoms with Crippen LogP contribution in [0.2, 0.25) is 0 Å². The zero-order valence-electron chi connectivity index (χ0n) is 19.7. The topological polar surface area (TPSA) is 129 Å². The highest BCUT2D eigenvalue weighted by molar-refractivity contribution is 7.06. The standard InChI is InChI=1S/C27H20N8OS/c1-17-11-24(33-25-12-21(13-28)37-35-25)34-26(32-17)20-8-10-23(30-16-20)27(36)31-15-18-7-9-22(29-14-18)19-5-3-2-4-6-19/h2-12,14,16H,15H2,1H3,(H,31,36)(H,32,33,34,35). The summed E-state index contributed by atoms with van der Waals surface area (Å²) >= 11 is 1.11. The predicted molar refractivity (Wildman–Crippen MR) is 141 cm³/mol. The van der Waals surface area contributed by atoms with Crippen molar-refractivity contribution in [3.63, 3.8) is 0 Å².